The molecular formula is C78H53B2N5S. The van der Waals surface area contributed by atoms with Crippen LogP contribution < -0.4 is 51.7 Å². The molecule has 0 aliphatic carbocycles. The summed E-state index contributed by atoms with van der Waals surface area (Å²) in [5, 5.41) is 0. The van der Waals surface area contributed by atoms with Crippen LogP contribution in [0.1, 0.15) is 0 Å². The average molecular weight is 1110 g/mol. The van der Waals surface area contributed by atoms with Crippen molar-refractivity contribution in [3.05, 3.63) is 322 Å². The Morgan fingerprint density at radius 2 is 0.733 bits per heavy atom. The highest BCUT2D eigenvalue weighted by Crippen LogP contribution is 2.53. The van der Waals surface area contributed by atoms with E-state index in [1.807, 2.05) is 11.8 Å². The van der Waals surface area contributed by atoms with Crippen molar-refractivity contribution in [2.75, 3.05) is 24.4 Å². The molecule has 5 nitrogen and oxygen atoms in total. The zero-order valence-electron chi connectivity index (χ0n) is 46.9. The van der Waals surface area contributed by atoms with Crippen molar-refractivity contribution in [3.8, 4) is 22.3 Å². The zero-order valence-corrected chi connectivity index (χ0v) is 47.7. The number of hydrogen-bond acceptors (Lipinski definition) is 6. The summed E-state index contributed by atoms with van der Waals surface area (Å²) in [6.45, 7) is -0.319. The van der Waals surface area contributed by atoms with E-state index >= 15 is 0 Å². The van der Waals surface area contributed by atoms with E-state index in [1.165, 1.54) is 59.6 Å². The molecule has 13 aromatic carbocycles. The lowest BCUT2D eigenvalue weighted by Gasteiger charge is -2.47. The number of nitrogens with zero attached hydrogens (tertiary/aromatic N) is 5. The molecule has 0 unspecified atom stereocenters. The molecule has 0 amide bonds. The first kappa shape index (κ1) is 49.9. The van der Waals surface area contributed by atoms with E-state index in [1.54, 1.807) is 0 Å². The maximum Gasteiger partial charge on any atom is 0.331 e. The van der Waals surface area contributed by atoms with Crippen molar-refractivity contribution < 1.29 is 0 Å². The van der Waals surface area contributed by atoms with Gasteiger partial charge in [-0.3, -0.25) is 0 Å². The Hall–Kier alpha value is -10.7. The van der Waals surface area contributed by atoms with Crippen molar-refractivity contribution in [3.63, 3.8) is 0 Å². The molecule has 0 radical (unpaired) electrons. The molecule has 0 N–H and O–H groups in total. The predicted octanol–water partition coefficient (Wildman–Crippen LogP) is 17.8. The van der Waals surface area contributed by atoms with Gasteiger partial charge in [-0.25, -0.2) is 0 Å². The van der Waals surface area contributed by atoms with Gasteiger partial charge in [-0.15, -0.1) is 0 Å². The summed E-state index contributed by atoms with van der Waals surface area (Å²) in [5.74, 6) is 0. The van der Waals surface area contributed by atoms with Gasteiger partial charge >= 0.3 is 6.85 Å². The van der Waals surface area contributed by atoms with Crippen LogP contribution in [0.4, 0.5) is 79.6 Å². The average Bonchev–Trinajstić information content (AvgIpc) is 0.717. The fourth-order valence-electron chi connectivity index (χ4n) is 14.1. The van der Waals surface area contributed by atoms with Gasteiger partial charge in [-0.05, 0) is 160 Å². The van der Waals surface area contributed by atoms with Crippen LogP contribution >= 0.6 is 11.8 Å². The molecule has 402 valence electrons. The van der Waals surface area contributed by atoms with Gasteiger partial charge in [-0.1, -0.05) is 212 Å². The largest absolute Gasteiger partial charge is 0.376 e. The molecule has 4 aliphatic heterocycles. The summed E-state index contributed by atoms with van der Waals surface area (Å²) < 4.78 is 0. The van der Waals surface area contributed by atoms with Crippen LogP contribution in [-0.4, -0.2) is 13.6 Å². The van der Waals surface area contributed by atoms with E-state index < -0.39 is 0 Å². The monoisotopic (exact) mass is 1110 g/mol. The molecule has 17 rings (SSSR count). The number of fused-ring (bicyclic) bond motifs is 8. The lowest BCUT2D eigenvalue weighted by atomic mass is 9.32. The van der Waals surface area contributed by atoms with Gasteiger partial charge in [0.25, 0.3) is 6.71 Å². The Bertz CT molecular complexity index is 4630. The smallest absolute Gasteiger partial charge is 0.331 e. The minimum Gasteiger partial charge on any atom is -0.376 e. The molecule has 4 aliphatic rings. The summed E-state index contributed by atoms with van der Waals surface area (Å²) in [5.41, 5.74) is 26.9. The third-order valence-electron chi connectivity index (χ3n) is 17.6. The van der Waals surface area contributed by atoms with Gasteiger partial charge in [0.05, 0.1) is 11.4 Å². The highest BCUT2D eigenvalue weighted by Gasteiger charge is 2.48. The minimum absolute atomic E-state index is 0.146. The van der Waals surface area contributed by atoms with Crippen molar-refractivity contribution in [1.29, 1.82) is 0 Å². The van der Waals surface area contributed by atoms with Crippen molar-refractivity contribution in [2.45, 2.75) is 9.79 Å². The Kier molecular flexibility index (Phi) is 12.0. The number of anilines is 14. The number of benzene rings is 13. The van der Waals surface area contributed by atoms with E-state index in [0.29, 0.717) is 0 Å². The molecule has 0 saturated heterocycles. The first-order chi connectivity index (χ1) is 42.7. The highest BCUT2D eigenvalue weighted by atomic mass is 32.2. The third kappa shape index (κ3) is 8.05. The predicted molar refractivity (Wildman–Crippen MR) is 365 cm³/mol. The quantitative estimate of drug-likeness (QED) is 0.126. The summed E-state index contributed by atoms with van der Waals surface area (Å²) in [6, 6.07) is 119. The second kappa shape index (κ2) is 20.6. The maximum atomic E-state index is 2.63. The van der Waals surface area contributed by atoms with E-state index in [9.17, 15) is 0 Å². The van der Waals surface area contributed by atoms with Crippen LogP contribution in [0.3, 0.4) is 0 Å². The molecule has 0 spiro atoms. The van der Waals surface area contributed by atoms with Gasteiger partial charge in [-0.2, -0.15) is 0 Å². The van der Waals surface area contributed by atoms with Crippen LogP contribution in [0.2, 0.25) is 0 Å². The Morgan fingerprint density at radius 1 is 0.267 bits per heavy atom. The lowest BCUT2D eigenvalue weighted by molar-refractivity contribution is 1.22. The van der Waals surface area contributed by atoms with Gasteiger partial charge in [0.2, 0.25) is 0 Å². The normalized spacial score (nSPS) is 13.0. The second-order valence-electron chi connectivity index (χ2n) is 22.4. The molecule has 0 aromatic heterocycles. The topological polar surface area (TPSA) is 16.2 Å². The Morgan fingerprint density at radius 3 is 1.33 bits per heavy atom. The van der Waals surface area contributed by atoms with Gasteiger partial charge in [0.15, 0.2) is 0 Å². The van der Waals surface area contributed by atoms with Crippen molar-refractivity contribution in [2.24, 2.45) is 0 Å². The molecule has 8 heteroatoms. The van der Waals surface area contributed by atoms with Crippen molar-refractivity contribution >= 4 is 132 Å². The summed E-state index contributed by atoms with van der Waals surface area (Å²) >= 11 is 1.91. The van der Waals surface area contributed by atoms with E-state index in [0.717, 1.165) is 79.4 Å². The fourth-order valence-corrected chi connectivity index (χ4v) is 15.3. The summed E-state index contributed by atoms with van der Waals surface area (Å²) in [7, 11) is 0. The molecule has 0 bridgehead atoms. The number of para-hydroxylation sites is 9. The van der Waals surface area contributed by atoms with Gasteiger partial charge < -0.3 is 24.4 Å². The standard InChI is InChI=1S/C78H53B2N5S/c1-8-28-54(29-9-1)63-42-22-25-45-69(63)84-72-53-75-68(80-77-65(64-43-23-26-46-70(64)85(80)60-40-20-7-21-41-60)48-61(51-76(77)86-75)81(55-30-10-2-11-31-55)56-32-12-3-13-33-56)52-67(72)79-66-44-24-27-47-71(66)83(59-38-18-6-19-39-59)73-49-62(50-74(84)78(73)79)82(57-34-14-4-15-35-57)58-36-16-5-17-37-58/h1-53H. The number of hydrogen-bond donors (Lipinski definition) is 0. The summed E-state index contributed by atoms with van der Waals surface area (Å²) in [4.78, 5) is 15.1. The molecule has 0 atom stereocenters. The molecular weight excluding hydrogens is 1060 g/mol. The summed E-state index contributed by atoms with van der Waals surface area (Å²) in [6.07, 6.45) is 0. The first-order valence-electron chi connectivity index (χ1n) is 29.6. The third-order valence-corrected chi connectivity index (χ3v) is 18.7. The Balaban J connectivity index is 0.981. The maximum absolute atomic E-state index is 2.63. The molecule has 86 heavy (non-hydrogen) atoms. The highest BCUT2D eigenvalue weighted by molar-refractivity contribution is 8.00. The zero-order chi connectivity index (χ0) is 56.7. The molecule has 0 fully saturated rings. The number of rotatable bonds is 10. The van der Waals surface area contributed by atoms with Gasteiger partial charge in [0.1, 0.15) is 0 Å². The minimum atomic E-state index is -0.173. The van der Waals surface area contributed by atoms with Crippen LogP contribution in [0.5, 0.6) is 0 Å². The van der Waals surface area contributed by atoms with Crippen LogP contribution in [0.15, 0.2) is 331 Å². The molecule has 4 heterocycles. The lowest BCUT2D eigenvalue weighted by Crippen LogP contribution is -2.64. The fraction of sp³-hybridized carbons (Fsp3) is 0. The Labute approximate surface area is 507 Å². The van der Waals surface area contributed by atoms with E-state index in [2.05, 4.69) is 346 Å². The second-order valence-corrected chi connectivity index (χ2v) is 23.5. The van der Waals surface area contributed by atoms with Crippen LogP contribution in [0, 0.1) is 0 Å². The molecule has 0 saturated carbocycles. The molecule has 13 aromatic rings. The van der Waals surface area contributed by atoms with Crippen LogP contribution in [-0.2, 0) is 0 Å². The van der Waals surface area contributed by atoms with E-state index in [-0.39, 0.29) is 13.6 Å². The first-order valence-corrected chi connectivity index (χ1v) is 30.4. The van der Waals surface area contributed by atoms with Crippen molar-refractivity contribution in [1.82, 2.24) is 0 Å². The van der Waals surface area contributed by atoms with Gasteiger partial charge in [0, 0.05) is 89.2 Å². The van der Waals surface area contributed by atoms with Crippen LogP contribution in [0.25, 0.3) is 22.3 Å². The SMILES string of the molecule is c1ccc(-c2ccccc2N2c3cc4c(cc3B3c5ccccc5N(c5ccccc5)c5cc(N(c6ccccc6)c6ccccc6)cc2c53)B2c3c(cc(N(c5ccccc5)c5ccccc5)cc3-c3ccccc3N2c2ccccc2)S4)cc1. The van der Waals surface area contributed by atoms with E-state index in [4.69, 9.17) is 0 Å².